The average Bonchev–Trinajstić information content (AvgIpc) is 3.28. The minimum absolute atomic E-state index is 0.156. The Morgan fingerprint density at radius 2 is 1.24 bits per heavy atom. The van der Waals surface area contributed by atoms with E-state index >= 15 is 0 Å². The van der Waals surface area contributed by atoms with Crippen molar-refractivity contribution in [2.24, 2.45) is 0 Å². The molecule has 0 fully saturated rings. The van der Waals surface area contributed by atoms with Gasteiger partial charge in [0.25, 0.3) is 0 Å². The van der Waals surface area contributed by atoms with Gasteiger partial charge in [0.2, 0.25) is 0 Å². The summed E-state index contributed by atoms with van der Waals surface area (Å²) in [5.41, 5.74) is 7.56. The van der Waals surface area contributed by atoms with Crippen LogP contribution in [0.5, 0.6) is 0 Å². The standard InChI is InChI=1S/C24H26N2.4C2H6/c1-5-24(4,6-2)19-9-7-10-20-22(19)23-21(11-8-16-25-23)26(20)18-14-12-17(3)13-15-18;4*1-2/h7-16H,5-6H2,1-4H3;4*1-2H3. The highest BCUT2D eigenvalue weighted by atomic mass is 15.0. The number of nitrogens with zero attached hydrogens (tertiary/aromatic N) is 2. The summed E-state index contributed by atoms with van der Waals surface area (Å²) >= 11 is 0. The summed E-state index contributed by atoms with van der Waals surface area (Å²) in [4.78, 5) is 4.79. The quantitative estimate of drug-likeness (QED) is 0.295. The molecule has 0 saturated carbocycles. The number of rotatable bonds is 4. The first-order valence-electron chi connectivity index (χ1n) is 13.5. The molecule has 2 heterocycles. The lowest BCUT2D eigenvalue weighted by atomic mass is 9.76. The van der Waals surface area contributed by atoms with Crippen LogP contribution in [-0.2, 0) is 5.41 Å². The van der Waals surface area contributed by atoms with Crippen LogP contribution in [-0.4, -0.2) is 9.55 Å². The van der Waals surface area contributed by atoms with Crippen LogP contribution in [0.4, 0.5) is 0 Å². The topological polar surface area (TPSA) is 17.8 Å². The van der Waals surface area contributed by atoms with Gasteiger partial charge in [0.15, 0.2) is 0 Å². The van der Waals surface area contributed by atoms with Gasteiger partial charge in [-0.05, 0) is 61.1 Å². The zero-order chi connectivity index (χ0) is 26.3. The van der Waals surface area contributed by atoms with Crippen molar-refractivity contribution in [2.45, 2.75) is 101 Å². The molecule has 188 valence electrons. The molecule has 0 N–H and O–H groups in total. The van der Waals surface area contributed by atoms with Crippen LogP contribution in [0.2, 0.25) is 0 Å². The number of hydrogen-bond donors (Lipinski definition) is 0. The molecule has 2 heteroatoms. The zero-order valence-electron chi connectivity index (χ0n) is 24.1. The second-order valence-electron chi connectivity index (χ2n) is 7.51. The van der Waals surface area contributed by atoms with Crippen molar-refractivity contribution in [3.8, 4) is 5.69 Å². The molecule has 0 unspecified atom stereocenters. The third kappa shape index (κ3) is 6.50. The lowest BCUT2D eigenvalue weighted by Crippen LogP contribution is -2.19. The summed E-state index contributed by atoms with van der Waals surface area (Å²) in [5.74, 6) is 0. The Bertz CT molecular complexity index is 1070. The van der Waals surface area contributed by atoms with Gasteiger partial charge in [0.1, 0.15) is 0 Å². The Balaban J connectivity index is 0.00000124. The second-order valence-corrected chi connectivity index (χ2v) is 7.51. The normalized spacial score (nSPS) is 10.0. The van der Waals surface area contributed by atoms with Gasteiger partial charge in [-0.15, -0.1) is 0 Å². The highest BCUT2D eigenvalue weighted by Gasteiger charge is 2.27. The highest BCUT2D eigenvalue weighted by molar-refractivity contribution is 6.09. The summed E-state index contributed by atoms with van der Waals surface area (Å²) in [7, 11) is 0. The lowest BCUT2D eigenvalue weighted by molar-refractivity contribution is 0.443. The van der Waals surface area contributed by atoms with Gasteiger partial charge in [-0.2, -0.15) is 0 Å². The van der Waals surface area contributed by atoms with E-state index in [1.807, 2.05) is 67.7 Å². The van der Waals surface area contributed by atoms with Gasteiger partial charge in [0.05, 0.1) is 16.6 Å². The summed E-state index contributed by atoms with van der Waals surface area (Å²) < 4.78 is 2.35. The van der Waals surface area contributed by atoms with E-state index in [-0.39, 0.29) is 5.41 Å². The van der Waals surface area contributed by atoms with Crippen LogP contribution in [0.15, 0.2) is 60.8 Å². The molecule has 0 bridgehead atoms. The second kappa shape index (κ2) is 16.1. The van der Waals surface area contributed by atoms with Crippen LogP contribution < -0.4 is 0 Å². The Hall–Kier alpha value is -2.61. The first-order valence-corrected chi connectivity index (χ1v) is 13.5. The fourth-order valence-corrected chi connectivity index (χ4v) is 3.98. The predicted octanol–water partition coefficient (Wildman–Crippen LogP) is 10.7. The van der Waals surface area contributed by atoms with E-state index in [1.165, 1.54) is 33.2 Å². The molecule has 4 rings (SSSR count). The number of aromatic nitrogens is 2. The largest absolute Gasteiger partial charge is 0.308 e. The number of aryl methyl sites for hydroxylation is 1. The average molecular weight is 463 g/mol. The van der Waals surface area contributed by atoms with Crippen molar-refractivity contribution < 1.29 is 0 Å². The number of fused-ring (bicyclic) bond motifs is 3. The molecule has 4 aromatic rings. The minimum atomic E-state index is 0.156. The van der Waals surface area contributed by atoms with Crippen molar-refractivity contribution in [1.29, 1.82) is 0 Å². The van der Waals surface area contributed by atoms with Crippen molar-refractivity contribution in [1.82, 2.24) is 9.55 Å². The summed E-state index contributed by atoms with van der Waals surface area (Å²) in [6, 6.07) is 19.7. The molecule has 0 aliphatic rings. The van der Waals surface area contributed by atoms with Crippen LogP contribution in [0.1, 0.15) is 100 Å². The molecule has 2 aromatic carbocycles. The maximum absolute atomic E-state index is 4.79. The molecule has 0 aliphatic carbocycles. The fourth-order valence-electron chi connectivity index (χ4n) is 3.98. The van der Waals surface area contributed by atoms with Gasteiger partial charge in [0, 0.05) is 17.3 Å². The molecule has 0 radical (unpaired) electrons. The lowest BCUT2D eigenvalue weighted by Gasteiger charge is -2.28. The van der Waals surface area contributed by atoms with Crippen molar-refractivity contribution in [3.05, 3.63) is 71.9 Å². The molecular formula is C32H50N2. The van der Waals surface area contributed by atoms with E-state index in [1.54, 1.807) is 0 Å². The maximum Gasteiger partial charge on any atom is 0.0966 e. The Morgan fingerprint density at radius 1 is 0.706 bits per heavy atom. The molecule has 0 amide bonds. The molecule has 0 atom stereocenters. The first kappa shape index (κ1) is 31.4. The van der Waals surface area contributed by atoms with Gasteiger partial charge in [-0.3, -0.25) is 4.98 Å². The monoisotopic (exact) mass is 462 g/mol. The molecule has 2 nitrogen and oxygen atoms in total. The van der Waals surface area contributed by atoms with Gasteiger partial charge in [-0.1, -0.05) is 106 Å². The number of pyridine rings is 1. The molecule has 2 aromatic heterocycles. The van der Waals surface area contributed by atoms with Gasteiger partial charge >= 0.3 is 0 Å². The predicted molar refractivity (Wildman–Crippen MR) is 157 cm³/mol. The highest BCUT2D eigenvalue weighted by Crippen LogP contribution is 2.40. The third-order valence-corrected chi connectivity index (χ3v) is 6.05. The molecule has 0 aliphatic heterocycles. The van der Waals surface area contributed by atoms with E-state index in [9.17, 15) is 0 Å². The maximum atomic E-state index is 4.79. The van der Waals surface area contributed by atoms with Crippen molar-refractivity contribution in [3.63, 3.8) is 0 Å². The van der Waals surface area contributed by atoms with E-state index in [4.69, 9.17) is 4.98 Å². The van der Waals surface area contributed by atoms with E-state index < -0.39 is 0 Å². The Morgan fingerprint density at radius 3 is 1.76 bits per heavy atom. The smallest absolute Gasteiger partial charge is 0.0966 e. The SMILES string of the molecule is CC.CC.CC.CC.CCC(C)(CC)c1cccc2c1c1ncccc1n2-c1ccc(C)cc1. The van der Waals surface area contributed by atoms with E-state index in [0.717, 1.165) is 18.4 Å². The van der Waals surface area contributed by atoms with Crippen molar-refractivity contribution >= 4 is 21.9 Å². The van der Waals surface area contributed by atoms with E-state index in [0.29, 0.717) is 0 Å². The number of benzene rings is 2. The van der Waals surface area contributed by atoms with Crippen LogP contribution in [0, 0.1) is 6.92 Å². The molecule has 0 saturated heterocycles. The third-order valence-electron chi connectivity index (χ3n) is 6.05. The number of hydrogen-bond acceptors (Lipinski definition) is 1. The van der Waals surface area contributed by atoms with Crippen LogP contribution >= 0.6 is 0 Å². The summed E-state index contributed by atoms with van der Waals surface area (Å²) in [5, 5.41) is 1.30. The van der Waals surface area contributed by atoms with Gasteiger partial charge < -0.3 is 4.57 Å². The van der Waals surface area contributed by atoms with Crippen molar-refractivity contribution in [2.75, 3.05) is 0 Å². The zero-order valence-corrected chi connectivity index (χ0v) is 24.1. The van der Waals surface area contributed by atoms with Crippen LogP contribution in [0.25, 0.3) is 27.6 Å². The molecule has 0 spiro atoms. The van der Waals surface area contributed by atoms with E-state index in [2.05, 4.69) is 80.8 Å². The first-order chi connectivity index (χ1) is 16.6. The Kier molecular flexibility index (Phi) is 14.9. The Labute approximate surface area is 210 Å². The fraction of sp³-hybridized carbons (Fsp3) is 0.469. The van der Waals surface area contributed by atoms with Crippen LogP contribution in [0.3, 0.4) is 0 Å². The minimum Gasteiger partial charge on any atom is -0.308 e. The summed E-state index contributed by atoms with van der Waals surface area (Å²) in [6.45, 7) is 25.1. The summed E-state index contributed by atoms with van der Waals surface area (Å²) in [6.07, 6.45) is 4.15. The molecular weight excluding hydrogens is 412 g/mol. The van der Waals surface area contributed by atoms with Gasteiger partial charge in [-0.25, -0.2) is 0 Å². The molecule has 34 heavy (non-hydrogen) atoms.